The highest BCUT2D eigenvalue weighted by atomic mass is 19.1. The molecule has 3 aromatic heterocycles. The smallest absolute Gasteiger partial charge is 0.220 e. The number of carbonyl (C=O) groups is 1. The van der Waals surface area contributed by atoms with E-state index in [4.69, 9.17) is 19.6 Å². The lowest BCUT2D eigenvalue weighted by Crippen LogP contribution is -2.31. The minimum atomic E-state index is -0.723. The average molecular weight is 572 g/mol. The molecule has 6 rings (SSSR count). The van der Waals surface area contributed by atoms with Crippen molar-refractivity contribution in [2.45, 2.75) is 32.4 Å². The number of hydrogen-bond donors (Lipinski definition) is 2. The minimum absolute atomic E-state index is 0.00204. The van der Waals surface area contributed by atoms with Crippen molar-refractivity contribution in [2.24, 2.45) is 0 Å². The second-order valence-corrected chi connectivity index (χ2v) is 9.70. The number of rotatable bonds is 10. The molecule has 1 atom stereocenters. The molecule has 10 nitrogen and oxygen atoms in total. The molecule has 1 amide bonds. The fourth-order valence-electron chi connectivity index (χ4n) is 4.79. The van der Waals surface area contributed by atoms with Crippen LogP contribution in [0.2, 0.25) is 0 Å². The molecule has 4 heterocycles. The number of para-hydroxylation sites is 1. The summed E-state index contributed by atoms with van der Waals surface area (Å²) in [5, 5.41) is 11.5. The van der Waals surface area contributed by atoms with Crippen LogP contribution in [0.25, 0.3) is 22.4 Å². The lowest BCUT2D eigenvalue weighted by molar-refractivity contribution is -0.119. The molecule has 214 valence electrons. The van der Waals surface area contributed by atoms with Crippen molar-refractivity contribution in [3.8, 4) is 23.0 Å². The first kappa shape index (κ1) is 27.1. The Morgan fingerprint density at radius 1 is 1.10 bits per heavy atom. The summed E-state index contributed by atoms with van der Waals surface area (Å²) in [6.07, 6.45) is 5.98. The van der Waals surface area contributed by atoms with Crippen LogP contribution in [0.3, 0.4) is 0 Å². The number of nitrogens with zero attached hydrogens (tertiary/aromatic N) is 5. The van der Waals surface area contributed by atoms with Gasteiger partial charge in [0.2, 0.25) is 5.91 Å². The number of amides is 1. The molecule has 2 N–H and O–H groups in total. The fraction of sp³-hybridized carbons (Fsp3) is 0.233. The minimum Gasteiger partial charge on any atom is -0.494 e. The maximum absolute atomic E-state index is 14.9. The Morgan fingerprint density at radius 2 is 1.88 bits per heavy atom. The largest absolute Gasteiger partial charge is 0.494 e. The molecule has 1 saturated heterocycles. The highest BCUT2D eigenvalue weighted by Crippen LogP contribution is 2.32. The zero-order chi connectivity index (χ0) is 29.1. The Morgan fingerprint density at radius 3 is 2.62 bits per heavy atom. The highest BCUT2D eigenvalue weighted by molar-refractivity contribution is 5.92. The third-order valence-electron chi connectivity index (χ3n) is 6.83. The van der Waals surface area contributed by atoms with Gasteiger partial charge in [0, 0.05) is 47.6 Å². The summed E-state index contributed by atoms with van der Waals surface area (Å²) in [5.41, 5.74) is 1.68. The third kappa shape index (κ3) is 5.69. The van der Waals surface area contributed by atoms with Crippen LogP contribution >= 0.6 is 0 Å². The number of pyridine rings is 1. The molecular formula is C30H27F2N7O3. The van der Waals surface area contributed by atoms with Crippen molar-refractivity contribution in [1.29, 1.82) is 0 Å². The first-order valence-corrected chi connectivity index (χ1v) is 13.5. The van der Waals surface area contributed by atoms with Crippen molar-refractivity contribution in [2.75, 3.05) is 18.5 Å². The van der Waals surface area contributed by atoms with Gasteiger partial charge in [0.15, 0.2) is 17.4 Å². The van der Waals surface area contributed by atoms with E-state index in [1.165, 1.54) is 16.8 Å². The quantitative estimate of drug-likeness (QED) is 0.240. The average Bonchev–Trinajstić information content (AvgIpc) is 3.58. The summed E-state index contributed by atoms with van der Waals surface area (Å²) in [7, 11) is 0. The lowest BCUT2D eigenvalue weighted by atomic mass is 10.1. The van der Waals surface area contributed by atoms with E-state index in [-0.39, 0.29) is 42.2 Å². The van der Waals surface area contributed by atoms with Gasteiger partial charge < -0.3 is 20.1 Å². The van der Waals surface area contributed by atoms with E-state index in [1.807, 2.05) is 24.3 Å². The van der Waals surface area contributed by atoms with Gasteiger partial charge in [-0.2, -0.15) is 5.10 Å². The van der Waals surface area contributed by atoms with E-state index < -0.39 is 11.6 Å². The predicted molar refractivity (Wildman–Crippen MR) is 152 cm³/mol. The molecule has 1 aliphatic rings. The molecule has 42 heavy (non-hydrogen) atoms. The van der Waals surface area contributed by atoms with Crippen LogP contribution in [0.4, 0.5) is 20.3 Å². The Kier molecular flexibility index (Phi) is 7.58. The van der Waals surface area contributed by atoms with E-state index in [9.17, 15) is 13.6 Å². The van der Waals surface area contributed by atoms with Gasteiger partial charge in [0.05, 0.1) is 30.9 Å². The molecular weight excluding hydrogens is 544 g/mol. The number of hydrogen-bond acceptors (Lipinski definition) is 8. The second kappa shape index (κ2) is 11.8. The molecule has 0 aliphatic carbocycles. The number of ether oxygens (including phenoxy) is 2. The van der Waals surface area contributed by atoms with Crippen LogP contribution < -0.4 is 20.1 Å². The number of benzene rings is 2. The number of aromatic nitrogens is 5. The number of nitrogens with one attached hydrogen (secondary N) is 2. The first-order valence-electron chi connectivity index (χ1n) is 13.5. The van der Waals surface area contributed by atoms with Crippen LogP contribution in [0.5, 0.6) is 11.5 Å². The van der Waals surface area contributed by atoms with E-state index in [0.29, 0.717) is 47.6 Å². The monoisotopic (exact) mass is 571 g/mol. The number of anilines is 2. The van der Waals surface area contributed by atoms with Gasteiger partial charge in [-0.1, -0.05) is 18.2 Å². The molecule has 0 radical (unpaired) electrons. The molecule has 1 aliphatic heterocycles. The van der Waals surface area contributed by atoms with E-state index >= 15 is 0 Å². The standard InChI is InChI=1S/C30H27F2N7O3/c1-2-41-20-13-23(31)22(24(32)14-20)16-39-25-6-4-3-5-21(25)28(38-39)30-34-15-26(42-17-19-7-8-27(40)35-19)29(37-30)36-18-9-11-33-12-10-18/h3-6,9-15,19H,2,7-8,16-17H2,1H3,(H,35,40)(H,33,34,36,37)/t19-/m1/s1. The molecule has 0 spiro atoms. The molecule has 5 aromatic rings. The van der Waals surface area contributed by atoms with Gasteiger partial charge in [-0.05, 0) is 31.5 Å². The van der Waals surface area contributed by atoms with Crippen LogP contribution in [0, 0.1) is 11.6 Å². The molecule has 12 heteroatoms. The molecule has 1 fully saturated rings. The van der Waals surface area contributed by atoms with Crippen molar-refractivity contribution in [1.82, 2.24) is 30.0 Å². The Bertz CT molecular complexity index is 1720. The lowest BCUT2D eigenvalue weighted by Gasteiger charge is -2.15. The van der Waals surface area contributed by atoms with Gasteiger partial charge >= 0.3 is 0 Å². The topological polar surface area (TPSA) is 116 Å². The highest BCUT2D eigenvalue weighted by Gasteiger charge is 2.23. The number of carbonyl (C=O) groups excluding carboxylic acids is 1. The predicted octanol–water partition coefficient (Wildman–Crippen LogP) is 5.01. The summed E-state index contributed by atoms with van der Waals surface area (Å²) >= 11 is 0. The molecule has 2 aromatic carbocycles. The molecule has 0 saturated carbocycles. The number of fused-ring (bicyclic) bond motifs is 1. The van der Waals surface area contributed by atoms with Crippen LogP contribution in [0.1, 0.15) is 25.3 Å². The van der Waals surface area contributed by atoms with Gasteiger partial charge in [-0.3, -0.25) is 14.5 Å². The summed E-state index contributed by atoms with van der Waals surface area (Å²) in [6, 6.07) is 13.2. The van der Waals surface area contributed by atoms with Crippen molar-refractivity contribution >= 4 is 28.3 Å². The zero-order valence-corrected chi connectivity index (χ0v) is 22.7. The van der Waals surface area contributed by atoms with Gasteiger partial charge in [0.25, 0.3) is 0 Å². The van der Waals surface area contributed by atoms with Crippen molar-refractivity contribution in [3.63, 3.8) is 0 Å². The Labute approximate surface area is 239 Å². The summed E-state index contributed by atoms with van der Waals surface area (Å²) in [6.45, 7) is 2.15. The first-order chi connectivity index (χ1) is 20.5. The van der Waals surface area contributed by atoms with Crippen LogP contribution in [0.15, 0.2) is 67.1 Å². The summed E-state index contributed by atoms with van der Waals surface area (Å²) in [5.74, 6) is -0.257. The maximum Gasteiger partial charge on any atom is 0.220 e. The van der Waals surface area contributed by atoms with Gasteiger partial charge in [-0.15, -0.1) is 0 Å². The van der Waals surface area contributed by atoms with E-state index in [2.05, 4.69) is 20.6 Å². The zero-order valence-electron chi connectivity index (χ0n) is 22.7. The molecule has 0 unspecified atom stereocenters. The summed E-state index contributed by atoms with van der Waals surface area (Å²) in [4.78, 5) is 24.9. The van der Waals surface area contributed by atoms with E-state index in [0.717, 1.165) is 5.69 Å². The van der Waals surface area contributed by atoms with Crippen molar-refractivity contribution in [3.05, 3.63) is 84.3 Å². The van der Waals surface area contributed by atoms with Crippen molar-refractivity contribution < 1.29 is 23.0 Å². The Balaban J connectivity index is 1.36. The Hall–Kier alpha value is -5.13. The normalized spacial score (nSPS) is 14.6. The van der Waals surface area contributed by atoms with Gasteiger partial charge in [-0.25, -0.2) is 18.7 Å². The van der Waals surface area contributed by atoms with Crippen LogP contribution in [-0.4, -0.2) is 49.9 Å². The van der Waals surface area contributed by atoms with Gasteiger partial charge in [0.1, 0.15) is 29.7 Å². The number of halogens is 2. The fourth-order valence-corrected chi connectivity index (χ4v) is 4.79. The third-order valence-corrected chi connectivity index (χ3v) is 6.83. The molecule has 0 bridgehead atoms. The van der Waals surface area contributed by atoms with E-state index in [1.54, 1.807) is 37.6 Å². The maximum atomic E-state index is 14.9. The SMILES string of the molecule is CCOc1cc(F)c(Cn2nc(-c3ncc(OC[C@H]4CCC(=O)N4)c(Nc4ccncc4)n3)c3ccccc32)c(F)c1. The second-order valence-electron chi connectivity index (χ2n) is 9.70. The summed E-state index contributed by atoms with van der Waals surface area (Å²) < 4.78 is 42.7. The van der Waals surface area contributed by atoms with Crippen LogP contribution in [-0.2, 0) is 11.3 Å².